The molecule has 0 saturated carbocycles. The molecule has 6 heteroatoms. The maximum Gasteiger partial charge on any atom is 0.243 e. The van der Waals surface area contributed by atoms with E-state index in [1.54, 1.807) is 30.7 Å². The number of allylic oxidation sites excluding steroid dienone is 1. The van der Waals surface area contributed by atoms with Crippen molar-refractivity contribution >= 4 is 15.6 Å². The summed E-state index contributed by atoms with van der Waals surface area (Å²) < 4.78 is 39.6. The predicted octanol–water partition coefficient (Wildman–Crippen LogP) is 5.27. The fourth-order valence-corrected chi connectivity index (χ4v) is 6.96. The summed E-state index contributed by atoms with van der Waals surface area (Å²) in [5.74, 6) is 1.88. The van der Waals surface area contributed by atoms with Crippen molar-refractivity contribution in [3.8, 4) is 11.5 Å². The first-order chi connectivity index (χ1) is 16.4. The molecule has 176 valence electrons. The average molecular weight is 476 g/mol. The van der Waals surface area contributed by atoms with Gasteiger partial charge in [-0.1, -0.05) is 48.0 Å². The molecule has 0 unspecified atom stereocenters. The number of fused-ring (bicyclic) bond motifs is 1. The number of ether oxygens (including phenoxy) is 2. The monoisotopic (exact) mass is 475 g/mol. The van der Waals surface area contributed by atoms with Crippen LogP contribution in [0.25, 0.3) is 5.57 Å². The van der Waals surface area contributed by atoms with Crippen molar-refractivity contribution in [3.05, 3.63) is 95.6 Å². The number of rotatable bonds is 6. The Labute approximate surface area is 201 Å². The standard InChI is InChI=1S/C28H29NO4S/c1-19-4-14-24(15-5-19)34(30,31)29-17-16-25-27(29)18-26(20-6-10-22(32-2)11-7-20)28(25)21-8-12-23(33-3)13-9-21/h4-15,18,25,27-28H,16-17H2,1-3H3/t25-,27-,28+/m0/s1. The van der Waals surface area contributed by atoms with Crippen LogP contribution in [0, 0.1) is 12.8 Å². The molecule has 5 rings (SSSR count). The normalized spacial score (nSPS) is 22.3. The first-order valence-electron chi connectivity index (χ1n) is 11.5. The third kappa shape index (κ3) is 3.91. The molecule has 1 aliphatic heterocycles. The van der Waals surface area contributed by atoms with Crippen molar-refractivity contribution in [2.24, 2.45) is 5.92 Å². The van der Waals surface area contributed by atoms with Gasteiger partial charge in [-0.15, -0.1) is 0 Å². The SMILES string of the molecule is COc1ccc(C2=C[C@H]3[C@H](CCN3S(=O)(=O)c3ccc(C)cc3)[C@H]2c2ccc(OC)cc2)cc1. The van der Waals surface area contributed by atoms with Crippen molar-refractivity contribution in [2.45, 2.75) is 30.2 Å². The molecule has 3 aromatic carbocycles. The van der Waals surface area contributed by atoms with Crippen LogP contribution in [0.5, 0.6) is 11.5 Å². The van der Waals surface area contributed by atoms with E-state index in [-0.39, 0.29) is 17.9 Å². The van der Waals surface area contributed by atoms with E-state index in [0.29, 0.717) is 11.4 Å². The van der Waals surface area contributed by atoms with Crippen LogP contribution in [0.1, 0.15) is 29.0 Å². The van der Waals surface area contributed by atoms with Crippen LogP contribution < -0.4 is 9.47 Å². The van der Waals surface area contributed by atoms with Crippen LogP contribution in [0.4, 0.5) is 0 Å². The predicted molar refractivity (Wildman–Crippen MR) is 134 cm³/mol. The summed E-state index contributed by atoms with van der Waals surface area (Å²) in [6.07, 6.45) is 2.97. The Bertz CT molecular complexity index is 1300. The molecule has 0 amide bonds. The molecule has 3 atom stereocenters. The average Bonchev–Trinajstić information content (AvgIpc) is 3.44. The molecule has 0 bridgehead atoms. The summed E-state index contributed by atoms with van der Waals surface area (Å²) >= 11 is 0. The van der Waals surface area contributed by atoms with Gasteiger partial charge in [-0.05, 0) is 72.4 Å². The lowest BCUT2D eigenvalue weighted by molar-refractivity contribution is 0.393. The van der Waals surface area contributed by atoms with Crippen LogP contribution in [0.3, 0.4) is 0 Å². The van der Waals surface area contributed by atoms with Gasteiger partial charge in [0.05, 0.1) is 19.1 Å². The highest BCUT2D eigenvalue weighted by molar-refractivity contribution is 7.89. The molecule has 34 heavy (non-hydrogen) atoms. The van der Waals surface area contributed by atoms with Gasteiger partial charge in [0.15, 0.2) is 0 Å². The Balaban J connectivity index is 1.56. The Hall–Kier alpha value is -3.09. The smallest absolute Gasteiger partial charge is 0.243 e. The number of methoxy groups -OCH3 is 2. The van der Waals surface area contributed by atoms with E-state index < -0.39 is 10.0 Å². The zero-order valence-electron chi connectivity index (χ0n) is 19.6. The van der Waals surface area contributed by atoms with Crippen LogP contribution >= 0.6 is 0 Å². The summed E-state index contributed by atoms with van der Waals surface area (Å²) in [5.41, 5.74) is 4.46. The second-order valence-electron chi connectivity index (χ2n) is 8.97. The van der Waals surface area contributed by atoms with Gasteiger partial charge >= 0.3 is 0 Å². The van der Waals surface area contributed by atoms with Gasteiger partial charge in [0.2, 0.25) is 10.0 Å². The van der Waals surface area contributed by atoms with Crippen molar-refractivity contribution in [3.63, 3.8) is 0 Å². The molecule has 1 heterocycles. The van der Waals surface area contributed by atoms with Gasteiger partial charge in [0, 0.05) is 18.5 Å². The lowest BCUT2D eigenvalue weighted by Gasteiger charge is -2.25. The highest BCUT2D eigenvalue weighted by Gasteiger charge is 2.49. The van der Waals surface area contributed by atoms with Crippen molar-refractivity contribution in [1.29, 1.82) is 0 Å². The maximum absolute atomic E-state index is 13.6. The molecule has 0 N–H and O–H groups in total. The van der Waals surface area contributed by atoms with Crippen molar-refractivity contribution in [2.75, 3.05) is 20.8 Å². The first kappa shape index (κ1) is 22.7. The quantitative estimate of drug-likeness (QED) is 0.487. The molecule has 0 spiro atoms. The zero-order valence-corrected chi connectivity index (χ0v) is 20.5. The Kier molecular flexibility index (Phi) is 5.96. The molecule has 1 fully saturated rings. The Morgan fingerprint density at radius 1 is 0.824 bits per heavy atom. The van der Waals surface area contributed by atoms with Crippen LogP contribution in [0.2, 0.25) is 0 Å². The van der Waals surface area contributed by atoms with Gasteiger partial charge in [0.1, 0.15) is 11.5 Å². The summed E-state index contributed by atoms with van der Waals surface area (Å²) in [6, 6.07) is 23.1. The summed E-state index contributed by atoms with van der Waals surface area (Å²) in [6.45, 7) is 2.48. The molecule has 1 saturated heterocycles. The minimum atomic E-state index is -3.59. The topological polar surface area (TPSA) is 55.8 Å². The van der Waals surface area contributed by atoms with Gasteiger partial charge in [-0.25, -0.2) is 8.42 Å². The van der Waals surface area contributed by atoms with E-state index in [4.69, 9.17) is 9.47 Å². The molecule has 0 aromatic heterocycles. The maximum atomic E-state index is 13.6. The molecule has 1 aliphatic carbocycles. The minimum Gasteiger partial charge on any atom is -0.497 e. The summed E-state index contributed by atoms with van der Waals surface area (Å²) in [7, 11) is -0.278. The van der Waals surface area contributed by atoms with Crippen molar-refractivity contribution < 1.29 is 17.9 Å². The Morgan fingerprint density at radius 2 is 1.41 bits per heavy atom. The zero-order chi connectivity index (χ0) is 23.9. The molecule has 5 nitrogen and oxygen atoms in total. The van der Waals surface area contributed by atoms with E-state index in [9.17, 15) is 8.42 Å². The third-order valence-electron chi connectivity index (χ3n) is 7.09. The number of hydrogen-bond donors (Lipinski definition) is 0. The van der Waals surface area contributed by atoms with Gasteiger partial charge in [-0.2, -0.15) is 4.31 Å². The second kappa shape index (κ2) is 8.93. The second-order valence-corrected chi connectivity index (χ2v) is 10.9. The number of aryl methyl sites for hydroxylation is 1. The van der Waals surface area contributed by atoms with Crippen LogP contribution in [-0.4, -0.2) is 39.5 Å². The largest absolute Gasteiger partial charge is 0.497 e. The molecule has 0 radical (unpaired) electrons. The van der Waals surface area contributed by atoms with E-state index >= 15 is 0 Å². The van der Waals surface area contributed by atoms with E-state index in [1.165, 1.54) is 5.56 Å². The number of benzene rings is 3. The molecular weight excluding hydrogens is 446 g/mol. The van der Waals surface area contributed by atoms with Crippen LogP contribution in [0.15, 0.2) is 83.8 Å². The number of nitrogens with zero attached hydrogens (tertiary/aromatic N) is 1. The van der Waals surface area contributed by atoms with Gasteiger partial charge < -0.3 is 9.47 Å². The minimum absolute atomic E-state index is 0.0996. The molecule has 3 aromatic rings. The Morgan fingerprint density at radius 3 is 2.00 bits per heavy atom. The van der Waals surface area contributed by atoms with E-state index in [1.807, 2.05) is 43.3 Å². The highest BCUT2D eigenvalue weighted by Crippen LogP contribution is 2.52. The number of sulfonamides is 1. The first-order valence-corrected chi connectivity index (χ1v) is 12.9. The highest BCUT2D eigenvalue weighted by atomic mass is 32.2. The lowest BCUT2D eigenvalue weighted by Crippen LogP contribution is -2.35. The fraction of sp³-hybridized carbons (Fsp3) is 0.286. The summed E-state index contributed by atoms with van der Waals surface area (Å²) in [4.78, 5) is 0.353. The van der Waals surface area contributed by atoms with Gasteiger partial charge in [0.25, 0.3) is 0 Å². The number of hydrogen-bond acceptors (Lipinski definition) is 4. The molecular formula is C28H29NO4S. The van der Waals surface area contributed by atoms with Crippen molar-refractivity contribution in [1.82, 2.24) is 4.31 Å². The van der Waals surface area contributed by atoms with E-state index in [2.05, 4.69) is 30.3 Å². The molecule has 2 aliphatic rings. The van der Waals surface area contributed by atoms with Crippen LogP contribution in [-0.2, 0) is 10.0 Å². The van der Waals surface area contributed by atoms with E-state index in [0.717, 1.165) is 34.6 Å². The van der Waals surface area contributed by atoms with Gasteiger partial charge in [-0.3, -0.25) is 0 Å². The lowest BCUT2D eigenvalue weighted by atomic mass is 9.81. The fourth-order valence-electron chi connectivity index (χ4n) is 5.32. The summed E-state index contributed by atoms with van der Waals surface area (Å²) in [5, 5.41) is 0. The third-order valence-corrected chi connectivity index (χ3v) is 9.00.